The van der Waals surface area contributed by atoms with E-state index in [2.05, 4.69) is 4.99 Å². The third-order valence-electron chi connectivity index (χ3n) is 4.51. The summed E-state index contributed by atoms with van der Waals surface area (Å²) in [5.74, 6) is 0.0226. The first-order chi connectivity index (χ1) is 14.5. The molecule has 0 spiro atoms. The van der Waals surface area contributed by atoms with Crippen LogP contribution in [0.5, 0.6) is 0 Å². The van der Waals surface area contributed by atoms with Gasteiger partial charge in [-0.2, -0.15) is 13.2 Å². The van der Waals surface area contributed by atoms with Crippen molar-refractivity contribution in [3.8, 4) is 0 Å². The Hall–Kier alpha value is -3.14. The maximum Gasteiger partial charge on any atom is 0.416 e. The number of carbonyl (C=O) groups excluding carboxylic acids is 1. The fourth-order valence-corrected chi connectivity index (χ4v) is 4.24. The molecule has 162 valence electrons. The molecule has 1 fully saturated rings. The van der Waals surface area contributed by atoms with Crippen molar-refractivity contribution in [3.63, 3.8) is 0 Å². The van der Waals surface area contributed by atoms with Crippen LogP contribution in [0, 0.1) is 10.1 Å². The molecule has 0 radical (unpaired) electrons. The number of carbonyl (C=O) groups is 1. The molecule has 0 bridgehead atoms. The summed E-state index contributed by atoms with van der Waals surface area (Å²) in [5, 5.41) is 11.4. The minimum Gasteiger partial charge on any atom is -0.281 e. The molecular weight excluding hydrogens is 431 g/mol. The third kappa shape index (κ3) is 5.13. The van der Waals surface area contributed by atoms with Crippen LogP contribution in [-0.2, 0) is 11.0 Å². The van der Waals surface area contributed by atoms with Gasteiger partial charge in [-0.3, -0.25) is 19.8 Å². The largest absolute Gasteiger partial charge is 0.416 e. The van der Waals surface area contributed by atoms with E-state index in [1.807, 2.05) is 13.8 Å². The quantitative estimate of drug-likeness (QED) is 0.342. The van der Waals surface area contributed by atoms with Crippen LogP contribution in [0.4, 0.5) is 24.5 Å². The summed E-state index contributed by atoms with van der Waals surface area (Å²) < 4.78 is 39.0. The van der Waals surface area contributed by atoms with Gasteiger partial charge in [0.1, 0.15) is 0 Å². The minimum absolute atomic E-state index is 0.0792. The number of halogens is 3. The van der Waals surface area contributed by atoms with Gasteiger partial charge in [-0.15, -0.1) is 0 Å². The summed E-state index contributed by atoms with van der Waals surface area (Å²) in [7, 11) is 0. The Morgan fingerprint density at radius 1 is 1.23 bits per heavy atom. The van der Waals surface area contributed by atoms with Crippen LogP contribution in [-0.4, -0.2) is 32.2 Å². The number of nitrogens with zero attached hydrogens (tertiary/aromatic N) is 3. The summed E-state index contributed by atoms with van der Waals surface area (Å²) in [4.78, 5) is 29.2. The standard InChI is InChI=1S/C21H18F3N3O3S/c1-20(2)13-31-19(25-16-8-5-7-15(12-16)21(22,23)24)26(20)18(28)11-10-14-6-3-4-9-17(14)27(29)30/h3-12H,13H2,1-2H3. The van der Waals surface area contributed by atoms with Gasteiger partial charge in [-0.05, 0) is 44.2 Å². The maximum absolute atomic E-state index is 13.0. The number of benzene rings is 2. The van der Waals surface area contributed by atoms with Crippen LogP contribution in [0.2, 0.25) is 0 Å². The molecule has 31 heavy (non-hydrogen) atoms. The third-order valence-corrected chi connectivity index (χ3v) is 5.89. The van der Waals surface area contributed by atoms with Crippen LogP contribution < -0.4 is 0 Å². The summed E-state index contributed by atoms with van der Waals surface area (Å²) in [6.07, 6.45) is -1.94. The van der Waals surface area contributed by atoms with E-state index in [1.54, 1.807) is 6.07 Å². The van der Waals surface area contributed by atoms with Gasteiger partial charge >= 0.3 is 6.18 Å². The summed E-state index contributed by atoms with van der Waals surface area (Å²) >= 11 is 1.26. The molecule has 0 unspecified atom stereocenters. The van der Waals surface area contributed by atoms with Gasteiger partial charge in [0, 0.05) is 17.9 Å². The zero-order chi connectivity index (χ0) is 22.8. The van der Waals surface area contributed by atoms with Gasteiger partial charge in [0.2, 0.25) is 0 Å². The lowest BCUT2D eigenvalue weighted by Crippen LogP contribution is -2.45. The van der Waals surface area contributed by atoms with Crippen molar-refractivity contribution in [2.75, 3.05) is 5.75 Å². The highest BCUT2D eigenvalue weighted by atomic mass is 32.2. The SMILES string of the molecule is CC1(C)CSC(=Nc2cccc(C(F)(F)F)c2)N1C(=O)C=Cc1ccccc1[N+](=O)[O-]. The maximum atomic E-state index is 13.0. The summed E-state index contributed by atoms with van der Waals surface area (Å²) in [6, 6.07) is 10.6. The number of amides is 1. The second-order valence-electron chi connectivity index (χ2n) is 7.37. The second kappa shape index (κ2) is 8.54. The van der Waals surface area contributed by atoms with Crippen LogP contribution >= 0.6 is 11.8 Å². The molecule has 1 aliphatic rings. The number of para-hydroxylation sites is 1. The zero-order valence-electron chi connectivity index (χ0n) is 16.6. The van der Waals surface area contributed by atoms with Crippen molar-refractivity contribution in [2.45, 2.75) is 25.6 Å². The number of aliphatic imine (C=N–C) groups is 1. The van der Waals surface area contributed by atoms with E-state index in [-0.39, 0.29) is 22.1 Å². The zero-order valence-corrected chi connectivity index (χ0v) is 17.4. The molecule has 10 heteroatoms. The van der Waals surface area contributed by atoms with Crippen molar-refractivity contribution in [1.29, 1.82) is 0 Å². The number of thioether (sulfide) groups is 1. The number of hydrogen-bond donors (Lipinski definition) is 0. The molecule has 6 nitrogen and oxygen atoms in total. The Bertz CT molecular complexity index is 1080. The van der Waals surface area contributed by atoms with Gasteiger partial charge in [0.15, 0.2) is 5.17 Å². The van der Waals surface area contributed by atoms with E-state index in [9.17, 15) is 28.1 Å². The highest BCUT2D eigenvalue weighted by Crippen LogP contribution is 2.36. The van der Waals surface area contributed by atoms with E-state index >= 15 is 0 Å². The topological polar surface area (TPSA) is 75.8 Å². The number of amidine groups is 1. The van der Waals surface area contributed by atoms with Gasteiger partial charge in [0.05, 0.1) is 27.3 Å². The molecule has 1 amide bonds. The predicted molar refractivity (Wildman–Crippen MR) is 114 cm³/mol. The molecule has 2 aromatic rings. The summed E-state index contributed by atoms with van der Waals surface area (Å²) in [5.41, 5.74) is -1.27. The number of rotatable bonds is 4. The average Bonchev–Trinajstić information content (AvgIpc) is 3.00. The molecule has 2 aromatic carbocycles. The van der Waals surface area contributed by atoms with Crippen molar-refractivity contribution in [2.24, 2.45) is 4.99 Å². The van der Waals surface area contributed by atoms with Gasteiger partial charge in [-0.25, -0.2) is 4.99 Å². The molecule has 3 rings (SSSR count). The molecule has 0 saturated carbocycles. The Morgan fingerprint density at radius 3 is 2.61 bits per heavy atom. The smallest absolute Gasteiger partial charge is 0.281 e. The molecule has 1 saturated heterocycles. The van der Waals surface area contributed by atoms with Crippen LogP contribution in [0.15, 0.2) is 59.6 Å². The Kier molecular flexibility index (Phi) is 6.21. The van der Waals surface area contributed by atoms with Gasteiger partial charge in [-0.1, -0.05) is 30.0 Å². The highest BCUT2D eigenvalue weighted by molar-refractivity contribution is 8.14. The molecule has 0 aromatic heterocycles. The first-order valence-corrected chi connectivity index (χ1v) is 10.1. The lowest BCUT2D eigenvalue weighted by atomic mass is 10.1. The second-order valence-corrected chi connectivity index (χ2v) is 8.31. The van der Waals surface area contributed by atoms with Gasteiger partial charge in [0.25, 0.3) is 11.6 Å². The Balaban J connectivity index is 1.92. The van der Waals surface area contributed by atoms with Crippen molar-refractivity contribution >= 4 is 40.3 Å². The Morgan fingerprint density at radius 2 is 1.94 bits per heavy atom. The first-order valence-electron chi connectivity index (χ1n) is 9.13. The number of nitro groups is 1. The molecule has 0 N–H and O–H groups in total. The van der Waals surface area contributed by atoms with Crippen LogP contribution in [0.25, 0.3) is 6.08 Å². The Labute approximate surface area is 180 Å². The number of nitro benzene ring substituents is 1. The fourth-order valence-electron chi connectivity index (χ4n) is 3.00. The minimum atomic E-state index is -4.50. The van der Waals surface area contributed by atoms with Crippen molar-refractivity contribution < 1.29 is 22.9 Å². The molecule has 1 heterocycles. The van der Waals surface area contributed by atoms with E-state index in [0.717, 1.165) is 12.1 Å². The molecule has 0 aliphatic carbocycles. The van der Waals surface area contributed by atoms with E-state index in [0.29, 0.717) is 5.75 Å². The number of hydrogen-bond acceptors (Lipinski definition) is 5. The first kappa shape index (κ1) is 22.5. The van der Waals surface area contributed by atoms with Gasteiger partial charge < -0.3 is 0 Å². The molecule has 1 aliphatic heterocycles. The molecular formula is C21H18F3N3O3S. The predicted octanol–water partition coefficient (Wildman–Crippen LogP) is 5.67. The van der Waals surface area contributed by atoms with Crippen molar-refractivity contribution in [1.82, 2.24) is 4.90 Å². The van der Waals surface area contributed by atoms with E-state index in [4.69, 9.17) is 0 Å². The fraction of sp³-hybridized carbons (Fsp3) is 0.238. The average molecular weight is 449 g/mol. The summed E-state index contributed by atoms with van der Waals surface area (Å²) in [6.45, 7) is 3.62. The number of alkyl halides is 3. The van der Waals surface area contributed by atoms with E-state index < -0.39 is 28.1 Å². The van der Waals surface area contributed by atoms with Crippen LogP contribution in [0.1, 0.15) is 25.0 Å². The normalized spacial score (nSPS) is 17.5. The van der Waals surface area contributed by atoms with E-state index in [1.165, 1.54) is 59.1 Å². The molecule has 0 atom stereocenters. The van der Waals surface area contributed by atoms with Crippen LogP contribution in [0.3, 0.4) is 0 Å². The lowest BCUT2D eigenvalue weighted by molar-refractivity contribution is -0.385. The van der Waals surface area contributed by atoms with Crippen molar-refractivity contribution in [3.05, 3.63) is 75.8 Å². The lowest BCUT2D eigenvalue weighted by Gasteiger charge is -2.29. The highest BCUT2D eigenvalue weighted by Gasteiger charge is 2.40. The monoisotopic (exact) mass is 449 g/mol.